The van der Waals surface area contributed by atoms with Crippen LogP contribution in [0, 0.1) is 10.1 Å². The van der Waals surface area contributed by atoms with Crippen molar-refractivity contribution < 1.29 is 43.7 Å². The van der Waals surface area contributed by atoms with E-state index in [0.29, 0.717) is 18.8 Å². The fourth-order valence-electron chi connectivity index (χ4n) is 2.57. The third-order valence-electron chi connectivity index (χ3n) is 4.40. The lowest BCUT2D eigenvalue weighted by Gasteiger charge is -2.25. The van der Waals surface area contributed by atoms with Crippen molar-refractivity contribution >= 4 is 23.3 Å². The number of ether oxygens (including phenoxy) is 4. The Bertz CT molecular complexity index is 844. The molecule has 12 nitrogen and oxygen atoms in total. The zero-order chi connectivity index (χ0) is 28.2. The predicted octanol–water partition coefficient (Wildman–Crippen LogP) is 2.03. The maximum atomic E-state index is 11.4. The number of nitro groups is 1. The molecule has 0 aromatic heterocycles. The average Bonchev–Trinajstić information content (AvgIpc) is 2.90. The standard InChI is InChI=1S/C23H32N2O10.C2H6/c1-4-22(28)34-15-20(26)13-32-11-9-24(18-5-7-19(8-6-18)25(30)31)10-12-33-14-21(27)16-35-23(29)17(2)3;1-2/h4-8,20-21,26-27H,1-2,9-16H2,3H3;1-2H3. The quantitative estimate of drug-likeness (QED) is 0.0948. The number of aliphatic hydroxyl groups is 2. The molecule has 0 aliphatic carbocycles. The van der Waals surface area contributed by atoms with Gasteiger partial charge in [-0.3, -0.25) is 10.1 Å². The number of aliphatic hydroxyl groups excluding tert-OH is 2. The van der Waals surface area contributed by atoms with Gasteiger partial charge in [0, 0.05) is 42.6 Å². The molecule has 0 aliphatic rings. The van der Waals surface area contributed by atoms with E-state index in [-0.39, 0.29) is 50.9 Å². The van der Waals surface area contributed by atoms with Crippen molar-refractivity contribution in [2.75, 3.05) is 57.6 Å². The van der Waals surface area contributed by atoms with Gasteiger partial charge in [-0.05, 0) is 19.1 Å². The number of carbonyl (C=O) groups excluding carboxylic acids is 2. The number of hydrogen-bond acceptors (Lipinski definition) is 11. The van der Waals surface area contributed by atoms with E-state index in [2.05, 4.69) is 13.2 Å². The van der Waals surface area contributed by atoms with E-state index in [1.54, 1.807) is 12.1 Å². The largest absolute Gasteiger partial charge is 0.460 e. The second-order valence-corrected chi connectivity index (χ2v) is 7.43. The third-order valence-corrected chi connectivity index (χ3v) is 4.40. The summed E-state index contributed by atoms with van der Waals surface area (Å²) in [5.74, 6) is -1.25. The summed E-state index contributed by atoms with van der Waals surface area (Å²) in [6, 6.07) is 5.93. The summed E-state index contributed by atoms with van der Waals surface area (Å²) in [6.07, 6.45) is -1.02. The van der Waals surface area contributed by atoms with Crippen LogP contribution in [-0.2, 0) is 28.5 Å². The molecule has 2 N–H and O–H groups in total. The lowest BCUT2D eigenvalue weighted by atomic mass is 10.2. The van der Waals surface area contributed by atoms with E-state index in [1.165, 1.54) is 19.1 Å². The van der Waals surface area contributed by atoms with E-state index in [1.807, 2.05) is 18.7 Å². The van der Waals surface area contributed by atoms with Crippen LogP contribution in [0.3, 0.4) is 0 Å². The smallest absolute Gasteiger partial charge is 0.333 e. The first-order chi connectivity index (χ1) is 17.6. The fraction of sp³-hybridized carbons (Fsp3) is 0.520. The number of hydrogen-bond donors (Lipinski definition) is 2. The van der Waals surface area contributed by atoms with Gasteiger partial charge >= 0.3 is 11.9 Å². The first-order valence-electron chi connectivity index (χ1n) is 11.8. The van der Waals surface area contributed by atoms with Gasteiger partial charge < -0.3 is 34.1 Å². The van der Waals surface area contributed by atoms with Crippen LogP contribution in [0.2, 0.25) is 0 Å². The molecule has 1 rings (SSSR count). The van der Waals surface area contributed by atoms with Gasteiger partial charge in [0.15, 0.2) is 0 Å². The summed E-state index contributed by atoms with van der Waals surface area (Å²) < 4.78 is 20.5. The molecule has 2 unspecified atom stereocenters. The van der Waals surface area contributed by atoms with Gasteiger partial charge in [0.2, 0.25) is 0 Å². The molecule has 0 aliphatic heterocycles. The molecule has 0 radical (unpaired) electrons. The highest BCUT2D eigenvalue weighted by molar-refractivity contribution is 5.86. The lowest BCUT2D eigenvalue weighted by molar-refractivity contribution is -0.384. The van der Waals surface area contributed by atoms with E-state index in [9.17, 15) is 29.9 Å². The Balaban J connectivity index is 0.00000631. The van der Waals surface area contributed by atoms with Crippen molar-refractivity contribution in [2.24, 2.45) is 0 Å². The predicted molar refractivity (Wildman–Crippen MR) is 137 cm³/mol. The maximum absolute atomic E-state index is 11.4. The van der Waals surface area contributed by atoms with E-state index < -0.39 is 29.1 Å². The van der Waals surface area contributed by atoms with Crippen LogP contribution in [0.25, 0.3) is 0 Å². The highest BCUT2D eigenvalue weighted by atomic mass is 16.6. The number of carbonyl (C=O) groups is 2. The second-order valence-electron chi connectivity index (χ2n) is 7.43. The number of esters is 2. The molecule has 0 fully saturated rings. The van der Waals surface area contributed by atoms with Crippen molar-refractivity contribution in [1.29, 1.82) is 0 Å². The zero-order valence-electron chi connectivity index (χ0n) is 21.7. The molecule has 0 saturated heterocycles. The Hall–Kier alpha value is -3.32. The molecule has 0 spiro atoms. The topological polar surface area (TPSA) is 158 Å². The molecule has 0 saturated carbocycles. The summed E-state index contributed by atoms with van der Waals surface area (Å²) in [6.45, 7) is 12.7. The normalized spacial score (nSPS) is 11.8. The van der Waals surface area contributed by atoms with Crippen molar-refractivity contribution in [3.63, 3.8) is 0 Å². The van der Waals surface area contributed by atoms with Crippen LogP contribution in [-0.4, -0.2) is 92.0 Å². The van der Waals surface area contributed by atoms with Crippen LogP contribution < -0.4 is 4.90 Å². The Morgan fingerprint density at radius 3 is 1.92 bits per heavy atom. The first kappa shape index (κ1) is 33.7. The molecule has 2 atom stereocenters. The lowest BCUT2D eigenvalue weighted by Crippen LogP contribution is -2.33. The van der Waals surface area contributed by atoms with Crippen molar-refractivity contribution in [1.82, 2.24) is 0 Å². The molecular formula is C25H38N2O10. The number of non-ortho nitro benzene ring substituents is 1. The molecule has 12 heteroatoms. The van der Waals surface area contributed by atoms with Gasteiger partial charge in [-0.15, -0.1) is 0 Å². The van der Waals surface area contributed by atoms with Crippen LogP contribution >= 0.6 is 0 Å². The minimum atomic E-state index is -1.01. The van der Waals surface area contributed by atoms with E-state index in [4.69, 9.17) is 18.9 Å². The highest BCUT2D eigenvalue weighted by Gasteiger charge is 2.13. The van der Waals surface area contributed by atoms with Crippen molar-refractivity contribution in [3.8, 4) is 0 Å². The SMILES string of the molecule is C=CC(=O)OCC(O)COCCN(CCOCC(O)COC(=O)C(=C)C)c1ccc([N+](=O)[O-])cc1.CC. The monoisotopic (exact) mass is 526 g/mol. The number of rotatable bonds is 18. The average molecular weight is 527 g/mol. The summed E-state index contributed by atoms with van der Waals surface area (Å²) in [5, 5.41) is 30.6. The number of nitrogens with zero attached hydrogens (tertiary/aromatic N) is 2. The zero-order valence-corrected chi connectivity index (χ0v) is 21.7. The Morgan fingerprint density at radius 1 is 1.00 bits per heavy atom. The summed E-state index contributed by atoms with van der Waals surface area (Å²) in [4.78, 5) is 34.6. The Kier molecular flexibility index (Phi) is 18.0. The van der Waals surface area contributed by atoms with Crippen LogP contribution in [0.4, 0.5) is 11.4 Å². The molecule has 1 aromatic rings. The molecule has 0 amide bonds. The molecule has 0 bridgehead atoms. The van der Waals surface area contributed by atoms with Crippen molar-refractivity contribution in [2.45, 2.75) is 33.0 Å². The van der Waals surface area contributed by atoms with Gasteiger partial charge in [0.05, 0.1) is 31.4 Å². The van der Waals surface area contributed by atoms with Gasteiger partial charge in [0.25, 0.3) is 5.69 Å². The molecule has 37 heavy (non-hydrogen) atoms. The minimum Gasteiger partial charge on any atom is -0.460 e. The van der Waals surface area contributed by atoms with Crippen LogP contribution in [0.5, 0.6) is 0 Å². The number of anilines is 1. The van der Waals surface area contributed by atoms with Gasteiger partial charge in [-0.25, -0.2) is 9.59 Å². The van der Waals surface area contributed by atoms with E-state index >= 15 is 0 Å². The molecular weight excluding hydrogens is 488 g/mol. The van der Waals surface area contributed by atoms with Crippen molar-refractivity contribution in [3.05, 3.63) is 59.2 Å². The Labute approximate surface area is 217 Å². The van der Waals surface area contributed by atoms with Gasteiger partial charge in [0.1, 0.15) is 25.4 Å². The van der Waals surface area contributed by atoms with Crippen LogP contribution in [0.1, 0.15) is 20.8 Å². The summed E-state index contributed by atoms with van der Waals surface area (Å²) >= 11 is 0. The third kappa shape index (κ3) is 15.4. The number of nitro benzene ring substituents is 1. The number of benzene rings is 1. The fourth-order valence-corrected chi connectivity index (χ4v) is 2.57. The minimum absolute atomic E-state index is 0.0502. The molecule has 1 aromatic carbocycles. The molecule has 208 valence electrons. The van der Waals surface area contributed by atoms with Crippen LogP contribution in [0.15, 0.2) is 49.1 Å². The maximum Gasteiger partial charge on any atom is 0.333 e. The van der Waals surface area contributed by atoms with E-state index in [0.717, 1.165) is 6.08 Å². The molecule has 0 heterocycles. The highest BCUT2D eigenvalue weighted by Crippen LogP contribution is 2.19. The second kappa shape index (κ2) is 19.8. The summed E-state index contributed by atoms with van der Waals surface area (Å²) in [7, 11) is 0. The Morgan fingerprint density at radius 2 is 1.49 bits per heavy atom. The summed E-state index contributed by atoms with van der Waals surface area (Å²) in [5.41, 5.74) is 0.856. The van der Waals surface area contributed by atoms with Gasteiger partial charge in [-0.2, -0.15) is 0 Å². The first-order valence-corrected chi connectivity index (χ1v) is 11.8. The van der Waals surface area contributed by atoms with Gasteiger partial charge in [-0.1, -0.05) is 27.0 Å².